The maximum absolute atomic E-state index is 12.4. The first kappa shape index (κ1) is 20.2. The Labute approximate surface area is 175 Å². The van der Waals surface area contributed by atoms with Crippen LogP contribution < -0.4 is 25.0 Å². The van der Waals surface area contributed by atoms with Crippen molar-refractivity contribution in [3.8, 4) is 11.5 Å². The van der Waals surface area contributed by atoms with E-state index in [2.05, 4.69) is 10.6 Å². The van der Waals surface area contributed by atoms with Crippen molar-refractivity contribution in [3.05, 3.63) is 59.7 Å². The Balaban J connectivity index is 1.39. The lowest BCUT2D eigenvalue weighted by Crippen LogP contribution is -3.15. The van der Waals surface area contributed by atoms with Crippen LogP contribution in [0.3, 0.4) is 0 Å². The number of morpholine rings is 1. The molecule has 0 spiro atoms. The van der Waals surface area contributed by atoms with Gasteiger partial charge in [0.15, 0.2) is 11.5 Å². The molecule has 0 radical (unpaired) electrons. The minimum Gasteiger partial charge on any atom is -0.454 e. The number of nitrogens with one attached hydrogen (secondary N) is 3. The standard InChI is InChI=1S/C22H25N3O5/c26-21(23-13-16-4-2-1-3-5-16)22(27)24-14-18(25-8-10-28-11-9-25)17-6-7-19-20(12-17)30-15-29-19/h1-7,12,18H,8-11,13-15H2,(H,23,26)(H,24,27)/p+1/t18-/m1/s1. The van der Waals surface area contributed by atoms with Gasteiger partial charge in [-0.3, -0.25) is 9.59 Å². The number of quaternary nitrogens is 1. The van der Waals surface area contributed by atoms with Gasteiger partial charge in [-0.25, -0.2) is 0 Å². The number of benzene rings is 2. The van der Waals surface area contributed by atoms with Crippen LogP contribution in [0.15, 0.2) is 48.5 Å². The monoisotopic (exact) mass is 412 g/mol. The lowest BCUT2D eigenvalue weighted by atomic mass is 10.0. The van der Waals surface area contributed by atoms with Crippen molar-refractivity contribution in [1.82, 2.24) is 10.6 Å². The van der Waals surface area contributed by atoms with Crippen LogP contribution >= 0.6 is 0 Å². The Morgan fingerprint density at radius 3 is 2.47 bits per heavy atom. The van der Waals surface area contributed by atoms with Gasteiger partial charge in [-0.2, -0.15) is 0 Å². The van der Waals surface area contributed by atoms with Gasteiger partial charge in [0.25, 0.3) is 0 Å². The van der Waals surface area contributed by atoms with Crippen molar-refractivity contribution in [2.24, 2.45) is 0 Å². The van der Waals surface area contributed by atoms with Crippen LogP contribution in [-0.4, -0.2) is 51.5 Å². The number of carbonyl (C=O) groups is 2. The molecule has 8 nitrogen and oxygen atoms in total. The van der Waals surface area contributed by atoms with E-state index in [1.807, 2.05) is 48.5 Å². The Morgan fingerprint density at radius 1 is 0.933 bits per heavy atom. The van der Waals surface area contributed by atoms with Gasteiger partial charge in [0, 0.05) is 12.1 Å². The van der Waals surface area contributed by atoms with Gasteiger partial charge in [-0.05, 0) is 23.8 Å². The molecule has 0 unspecified atom stereocenters. The van der Waals surface area contributed by atoms with Gasteiger partial charge < -0.3 is 29.7 Å². The number of amides is 2. The van der Waals surface area contributed by atoms with Gasteiger partial charge in [-0.15, -0.1) is 0 Å². The van der Waals surface area contributed by atoms with Gasteiger partial charge in [0.2, 0.25) is 6.79 Å². The van der Waals surface area contributed by atoms with Crippen molar-refractivity contribution in [1.29, 1.82) is 0 Å². The van der Waals surface area contributed by atoms with E-state index < -0.39 is 11.8 Å². The number of ether oxygens (including phenoxy) is 3. The fourth-order valence-corrected chi connectivity index (χ4v) is 3.74. The number of hydrogen-bond donors (Lipinski definition) is 3. The summed E-state index contributed by atoms with van der Waals surface area (Å²) in [7, 11) is 0. The number of fused-ring (bicyclic) bond motifs is 1. The smallest absolute Gasteiger partial charge is 0.309 e. The molecule has 30 heavy (non-hydrogen) atoms. The summed E-state index contributed by atoms with van der Waals surface area (Å²) in [4.78, 5) is 25.9. The Hall–Kier alpha value is -3.10. The highest BCUT2D eigenvalue weighted by molar-refractivity contribution is 6.35. The maximum atomic E-state index is 12.4. The van der Waals surface area contributed by atoms with Crippen LogP contribution in [0, 0.1) is 0 Å². The van der Waals surface area contributed by atoms with Crippen molar-refractivity contribution < 1.29 is 28.7 Å². The molecule has 2 aromatic rings. The number of rotatable bonds is 6. The second kappa shape index (κ2) is 9.60. The second-order valence-corrected chi connectivity index (χ2v) is 7.31. The molecular formula is C22H26N3O5+. The predicted octanol–water partition coefficient (Wildman–Crippen LogP) is -0.196. The van der Waals surface area contributed by atoms with E-state index in [4.69, 9.17) is 14.2 Å². The average molecular weight is 412 g/mol. The normalized spacial score (nSPS) is 16.7. The van der Waals surface area contributed by atoms with Crippen molar-refractivity contribution >= 4 is 11.8 Å². The third-order valence-electron chi connectivity index (χ3n) is 5.40. The summed E-state index contributed by atoms with van der Waals surface area (Å²) >= 11 is 0. The van der Waals surface area contributed by atoms with E-state index in [9.17, 15) is 9.59 Å². The van der Waals surface area contributed by atoms with Gasteiger partial charge in [-0.1, -0.05) is 30.3 Å². The fraction of sp³-hybridized carbons (Fsp3) is 0.364. The first-order valence-electron chi connectivity index (χ1n) is 10.1. The number of carbonyl (C=O) groups excluding carboxylic acids is 2. The van der Waals surface area contributed by atoms with Gasteiger partial charge in [0.05, 0.1) is 19.8 Å². The fourth-order valence-electron chi connectivity index (χ4n) is 3.74. The minimum atomic E-state index is -0.639. The summed E-state index contributed by atoms with van der Waals surface area (Å²) in [5.41, 5.74) is 1.97. The highest BCUT2D eigenvalue weighted by atomic mass is 16.7. The molecule has 158 valence electrons. The lowest BCUT2D eigenvalue weighted by molar-refractivity contribution is -0.937. The first-order valence-corrected chi connectivity index (χ1v) is 10.1. The van der Waals surface area contributed by atoms with Crippen LogP contribution in [-0.2, 0) is 20.9 Å². The molecule has 1 fully saturated rings. The zero-order valence-corrected chi connectivity index (χ0v) is 16.7. The maximum Gasteiger partial charge on any atom is 0.309 e. The van der Waals surface area contributed by atoms with Gasteiger partial charge >= 0.3 is 11.8 Å². The quantitative estimate of drug-likeness (QED) is 0.572. The molecule has 0 saturated carbocycles. The molecule has 0 aliphatic carbocycles. The van der Waals surface area contributed by atoms with E-state index >= 15 is 0 Å². The van der Waals surface area contributed by atoms with Crippen LogP contribution in [0.25, 0.3) is 0 Å². The highest BCUT2D eigenvalue weighted by Crippen LogP contribution is 2.33. The van der Waals surface area contributed by atoms with Crippen LogP contribution in [0.1, 0.15) is 17.2 Å². The Kier molecular flexibility index (Phi) is 6.46. The van der Waals surface area contributed by atoms with E-state index in [1.165, 1.54) is 4.90 Å². The van der Waals surface area contributed by atoms with E-state index in [1.54, 1.807) is 0 Å². The molecular weight excluding hydrogens is 386 g/mol. The molecule has 0 aromatic heterocycles. The zero-order chi connectivity index (χ0) is 20.8. The molecule has 0 bridgehead atoms. The summed E-state index contributed by atoms with van der Waals surface area (Å²) in [5.74, 6) is 0.153. The van der Waals surface area contributed by atoms with Crippen molar-refractivity contribution in [2.45, 2.75) is 12.6 Å². The summed E-state index contributed by atoms with van der Waals surface area (Å²) < 4.78 is 16.4. The lowest BCUT2D eigenvalue weighted by Gasteiger charge is -2.32. The van der Waals surface area contributed by atoms with Crippen molar-refractivity contribution in [3.63, 3.8) is 0 Å². The molecule has 2 aliphatic heterocycles. The molecule has 1 atom stereocenters. The SMILES string of the molecule is O=C(NCc1ccccc1)C(=O)NC[C@H](c1ccc2c(c1)OCO2)[NH+]1CCOCC1. The molecule has 3 N–H and O–H groups in total. The van der Waals surface area contributed by atoms with E-state index in [0.29, 0.717) is 32.1 Å². The Morgan fingerprint density at radius 2 is 1.67 bits per heavy atom. The topological polar surface area (TPSA) is 90.3 Å². The molecule has 4 rings (SSSR count). The third kappa shape index (κ3) is 4.90. The molecule has 2 aromatic carbocycles. The molecule has 1 saturated heterocycles. The van der Waals surface area contributed by atoms with Crippen LogP contribution in [0.5, 0.6) is 11.5 Å². The second-order valence-electron chi connectivity index (χ2n) is 7.31. The van der Waals surface area contributed by atoms with Crippen LogP contribution in [0.4, 0.5) is 0 Å². The number of hydrogen-bond acceptors (Lipinski definition) is 5. The third-order valence-corrected chi connectivity index (χ3v) is 5.40. The van der Waals surface area contributed by atoms with Gasteiger partial charge in [0.1, 0.15) is 19.1 Å². The van der Waals surface area contributed by atoms with Crippen molar-refractivity contribution in [2.75, 3.05) is 39.6 Å². The van der Waals surface area contributed by atoms with Crippen LogP contribution in [0.2, 0.25) is 0 Å². The minimum absolute atomic E-state index is 0.0192. The van der Waals surface area contributed by atoms with E-state index in [-0.39, 0.29) is 12.8 Å². The average Bonchev–Trinajstić information content (AvgIpc) is 3.27. The summed E-state index contributed by atoms with van der Waals surface area (Å²) in [5, 5.41) is 5.46. The molecule has 2 amide bonds. The Bertz CT molecular complexity index is 884. The molecule has 2 heterocycles. The van der Waals surface area contributed by atoms with E-state index in [0.717, 1.165) is 30.0 Å². The summed E-state index contributed by atoms with van der Waals surface area (Å²) in [6.07, 6.45) is 0. The molecule has 8 heteroatoms. The largest absolute Gasteiger partial charge is 0.454 e. The predicted molar refractivity (Wildman–Crippen MR) is 108 cm³/mol. The zero-order valence-electron chi connectivity index (χ0n) is 16.7. The molecule has 2 aliphatic rings. The summed E-state index contributed by atoms with van der Waals surface area (Å²) in [6, 6.07) is 15.3. The first-order chi connectivity index (χ1) is 14.7. The summed E-state index contributed by atoms with van der Waals surface area (Å²) in [6.45, 7) is 3.86. The highest BCUT2D eigenvalue weighted by Gasteiger charge is 2.29.